The molecule has 4 heteroatoms. The fourth-order valence-electron chi connectivity index (χ4n) is 1.68. The van der Waals surface area contributed by atoms with Crippen LogP contribution in [0, 0.1) is 0 Å². The molecular formula is C14H22N2O2. The summed E-state index contributed by atoms with van der Waals surface area (Å²) in [6.07, 6.45) is 0.978. The molecule has 4 nitrogen and oxygen atoms in total. The zero-order valence-corrected chi connectivity index (χ0v) is 11.6. The van der Waals surface area contributed by atoms with E-state index in [-0.39, 0.29) is 5.91 Å². The van der Waals surface area contributed by atoms with Crippen LogP contribution >= 0.6 is 0 Å². The number of carbonyl (C=O) groups is 1. The second kappa shape index (κ2) is 7.01. The number of nitrogens with zero attached hydrogens (tertiary/aromatic N) is 2. The summed E-state index contributed by atoms with van der Waals surface area (Å²) in [5.74, 6) is 0.818. The van der Waals surface area contributed by atoms with Crippen LogP contribution in [0.5, 0.6) is 5.75 Å². The van der Waals surface area contributed by atoms with Gasteiger partial charge in [0.25, 0.3) is 5.91 Å². The minimum atomic E-state index is 0.0522. The lowest BCUT2D eigenvalue weighted by atomic mass is 10.2. The first-order chi connectivity index (χ1) is 8.54. The predicted octanol–water partition coefficient (Wildman–Crippen LogP) is 1.72. The van der Waals surface area contributed by atoms with Gasteiger partial charge in [-0.05, 0) is 51.3 Å². The first-order valence-electron chi connectivity index (χ1n) is 6.09. The SMILES string of the molecule is COc1ccc(C(=O)N(C)CCCN(C)C)cc1. The van der Waals surface area contributed by atoms with Crippen molar-refractivity contribution in [1.82, 2.24) is 9.80 Å². The summed E-state index contributed by atoms with van der Waals surface area (Å²) >= 11 is 0. The van der Waals surface area contributed by atoms with Gasteiger partial charge in [-0.2, -0.15) is 0 Å². The Hall–Kier alpha value is -1.55. The Labute approximate surface area is 109 Å². The van der Waals surface area contributed by atoms with Crippen molar-refractivity contribution < 1.29 is 9.53 Å². The summed E-state index contributed by atoms with van der Waals surface area (Å²) in [6, 6.07) is 7.20. The Morgan fingerprint density at radius 2 is 1.72 bits per heavy atom. The van der Waals surface area contributed by atoms with E-state index in [1.165, 1.54) is 0 Å². The number of hydrogen-bond donors (Lipinski definition) is 0. The van der Waals surface area contributed by atoms with E-state index in [1.54, 1.807) is 36.3 Å². The lowest BCUT2D eigenvalue weighted by Gasteiger charge is -2.18. The van der Waals surface area contributed by atoms with E-state index in [9.17, 15) is 4.79 Å². The van der Waals surface area contributed by atoms with Crippen molar-refractivity contribution in [3.05, 3.63) is 29.8 Å². The van der Waals surface area contributed by atoms with Gasteiger partial charge in [0.05, 0.1) is 7.11 Å². The van der Waals surface area contributed by atoms with Crippen LogP contribution in [-0.2, 0) is 0 Å². The van der Waals surface area contributed by atoms with Crippen LogP contribution < -0.4 is 4.74 Å². The van der Waals surface area contributed by atoms with Crippen LogP contribution in [-0.4, -0.2) is 57.0 Å². The largest absolute Gasteiger partial charge is 0.497 e. The number of methoxy groups -OCH3 is 1. The fraction of sp³-hybridized carbons (Fsp3) is 0.500. The molecule has 0 saturated heterocycles. The van der Waals surface area contributed by atoms with Crippen LogP contribution in [0.15, 0.2) is 24.3 Å². The highest BCUT2D eigenvalue weighted by Crippen LogP contribution is 2.12. The minimum absolute atomic E-state index is 0.0522. The summed E-state index contributed by atoms with van der Waals surface area (Å²) in [4.78, 5) is 16.0. The smallest absolute Gasteiger partial charge is 0.253 e. The first kappa shape index (κ1) is 14.5. The maximum atomic E-state index is 12.1. The Balaban J connectivity index is 2.51. The third kappa shape index (κ3) is 4.37. The lowest BCUT2D eigenvalue weighted by molar-refractivity contribution is 0.0790. The quantitative estimate of drug-likeness (QED) is 0.770. The molecule has 1 aromatic carbocycles. The summed E-state index contributed by atoms with van der Waals surface area (Å²) in [5.41, 5.74) is 0.697. The number of amides is 1. The van der Waals surface area contributed by atoms with Crippen molar-refractivity contribution in [2.24, 2.45) is 0 Å². The molecule has 0 fully saturated rings. The maximum Gasteiger partial charge on any atom is 0.253 e. The van der Waals surface area contributed by atoms with Gasteiger partial charge in [-0.25, -0.2) is 0 Å². The average molecular weight is 250 g/mol. The molecule has 0 aromatic heterocycles. The van der Waals surface area contributed by atoms with E-state index in [1.807, 2.05) is 21.1 Å². The first-order valence-corrected chi connectivity index (χ1v) is 6.09. The molecule has 0 heterocycles. The van der Waals surface area contributed by atoms with Gasteiger partial charge < -0.3 is 14.5 Å². The molecule has 100 valence electrons. The lowest BCUT2D eigenvalue weighted by Crippen LogP contribution is -2.29. The molecule has 0 bridgehead atoms. The third-order valence-electron chi connectivity index (χ3n) is 2.78. The molecular weight excluding hydrogens is 228 g/mol. The highest BCUT2D eigenvalue weighted by molar-refractivity contribution is 5.94. The molecule has 0 aliphatic rings. The van der Waals surface area contributed by atoms with Gasteiger partial charge in [0, 0.05) is 19.2 Å². The molecule has 0 radical (unpaired) electrons. The minimum Gasteiger partial charge on any atom is -0.497 e. The van der Waals surface area contributed by atoms with Gasteiger partial charge in [0.1, 0.15) is 5.75 Å². The molecule has 0 N–H and O–H groups in total. The third-order valence-corrected chi connectivity index (χ3v) is 2.78. The Bertz CT molecular complexity index is 374. The van der Waals surface area contributed by atoms with E-state index in [0.717, 1.165) is 25.3 Å². The van der Waals surface area contributed by atoms with Crippen LogP contribution in [0.3, 0.4) is 0 Å². The van der Waals surface area contributed by atoms with Crippen molar-refractivity contribution in [3.8, 4) is 5.75 Å². The Morgan fingerprint density at radius 1 is 1.11 bits per heavy atom. The van der Waals surface area contributed by atoms with Crippen molar-refractivity contribution in [3.63, 3.8) is 0 Å². The van der Waals surface area contributed by atoms with Crippen LogP contribution in [0.2, 0.25) is 0 Å². The molecule has 18 heavy (non-hydrogen) atoms. The van der Waals surface area contributed by atoms with Gasteiger partial charge >= 0.3 is 0 Å². The highest BCUT2D eigenvalue weighted by Gasteiger charge is 2.11. The van der Waals surface area contributed by atoms with Crippen LogP contribution in [0.4, 0.5) is 0 Å². The summed E-state index contributed by atoms with van der Waals surface area (Å²) in [5, 5.41) is 0. The fourth-order valence-corrected chi connectivity index (χ4v) is 1.68. The van der Waals surface area contributed by atoms with Gasteiger partial charge in [-0.1, -0.05) is 0 Å². The molecule has 1 aromatic rings. The summed E-state index contributed by atoms with van der Waals surface area (Å²) < 4.78 is 5.07. The molecule has 1 rings (SSSR count). The zero-order chi connectivity index (χ0) is 13.5. The zero-order valence-electron chi connectivity index (χ0n) is 11.6. The molecule has 0 aliphatic heterocycles. The van der Waals surface area contributed by atoms with Crippen molar-refractivity contribution in [2.45, 2.75) is 6.42 Å². The van der Waals surface area contributed by atoms with Crippen LogP contribution in [0.1, 0.15) is 16.8 Å². The standard InChI is InChI=1S/C14H22N2O2/c1-15(2)10-5-11-16(3)14(17)12-6-8-13(18-4)9-7-12/h6-9H,5,10-11H2,1-4H3. The number of hydrogen-bond acceptors (Lipinski definition) is 3. The molecule has 0 spiro atoms. The maximum absolute atomic E-state index is 12.1. The monoisotopic (exact) mass is 250 g/mol. The normalized spacial score (nSPS) is 10.5. The second-order valence-electron chi connectivity index (χ2n) is 4.61. The number of ether oxygens (including phenoxy) is 1. The number of benzene rings is 1. The Kier molecular flexibility index (Phi) is 5.65. The molecule has 0 unspecified atom stereocenters. The van der Waals surface area contributed by atoms with Gasteiger partial charge in [0.15, 0.2) is 0 Å². The van der Waals surface area contributed by atoms with E-state index >= 15 is 0 Å². The molecule has 0 saturated carbocycles. The summed E-state index contributed by atoms with van der Waals surface area (Å²) in [7, 11) is 7.52. The number of carbonyl (C=O) groups excluding carboxylic acids is 1. The molecule has 0 atom stereocenters. The van der Waals surface area contributed by atoms with E-state index < -0.39 is 0 Å². The van der Waals surface area contributed by atoms with E-state index in [2.05, 4.69) is 4.90 Å². The van der Waals surface area contributed by atoms with Gasteiger partial charge in [-0.3, -0.25) is 4.79 Å². The van der Waals surface area contributed by atoms with Crippen molar-refractivity contribution >= 4 is 5.91 Å². The van der Waals surface area contributed by atoms with E-state index in [0.29, 0.717) is 5.56 Å². The van der Waals surface area contributed by atoms with Gasteiger partial charge in [0.2, 0.25) is 0 Å². The highest BCUT2D eigenvalue weighted by atomic mass is 16.5. The van der Waals surface area contributed by atoms with E-state index in [4.69, 9.17) is 4.74 Å². The molecule has 0 aliphatic carbocycles. The van der Waals surface area contributed by atoms with Gasteiger partial charge in [-0.15, -0.1) is 0 Å². The van der Waals surface area contributed by atoms with Crippen molar-refractivity contribution in [2.75, 3.05) is 41.3 Å². The second-order valence-corrected chi connectivity index (χ2v) is 4.61. The predicted molar refractivity (Wildman–Crippen MR) is 73.1 cm³/mol. The Morgan fingerprint density at radius 3 is 2.22 bits per heavy atom. The van der Waals surface area contributed by atoms with Crippen molar-refractivity contribution in [1.29, 1.82) is 0 Å². The van der Waals surface area contributed by atoms with Crippen LogP contribution in [0.25, 0.3) is 0 Å². The summed E-state index contributed by atoms with van der Waals surface area (Å²) in [6.45, 7) is 1.75. The number of rotatable bonds is 6. The topological polar surface area (TPSA) is 32.8 Å². The molecule has 1 amide bonds. The average Bonchev–Trinajstić information content (AvgIpc) is 2.37.